The molecule has 1 aromatic heterocycles. The van der Waals surface area contributed by atoms with Crippen LogP contribution in [-0.2, 0) is 0 Å². The molecule has 0 spiro atoms. The van der Waals surface area contributed by atoms with Crippen LogP contribution in [0.4, 0.5) is 5.88 Å². The van der Waals surface area contributed by atoms with Gasteiger partial charge in [-0.05, 0) is 35.4 Å². The zero-order valence-electron chi connectivity index (χ0n) is 15.9. The topological polar surface area (TPSA) is 58.5 Å². The van der Waals surface area contributed by atoms with Crippen molar-refractivity contribution in [1.82, 2.24) is 0 Å². The summed E-state index contributed by atoms with van der Waals surface area (Å²) in [5, 5.41) is 9.93. The monoisotopic (exact) mass is 378 g/mol. The average molecular weight is 378 g/mol. The fourth-order valence-corrected chi connectivity index (χ4v) is 3.11. The van der Waals surface area contributed by atoms with E-state index in [4.69, 9.17) is 9.15 Å². The van der Waals surface area contributed by atoms with Crippen molar-refractivity contribution in [2.45, 2.75) is 0 Å². The SMILES string of the molecule is COc1ccc(-c2oc(/N=C/c3ccccc3)c(-c3ccccc3)c2C#N)cc1. The molecule has 1 heterocycles. The van der Waals surface area contributed by atoms with Crippen molar-refractivity contribution < 1.29 is 9.15 Å². The zero-order valence-corrected chi connectivity index (χ0v) is 15.9. The van der Waals surface area contributed by atoms with Gasteiger partial charge >= 0.3 is 0 Å². The molecule has 0 radical (unpaired) electrons. The minimum Gasteiger partial charge on any atom is -0.497 e. The molecule has 0 aliphatic carbocycles. The van der Waals surface area contributed by atoms with Gasteiger partial charge in [0, 0.05) is 11.8 Å². The van der Waals surface area contributed by atoms with E-state index in [1.807, 2.05) is 84.9 Å². The second-order valence-electron chi connectivity index (χ2n) is 6.36. The number of nitrogens with zero attached hydrogens (tertiary/aromatic N) is 2. The van der Waals surface area contributed by atoms with Crippen LogP contribution in [0, 0.1) is 11.3 Å². The summed E-state index contributed by atoms with van der Waals surface area (Å²) in [6.07, 6.45) is 1.74. The van der Waals surface area contributed by atoms with Crippen LogP contribution in [0.1, 0.15) is 11.1 Å². The van der Waals surface area contributed by atoms with Gasteiger partial charge in [0.25, 0.3) is 0 Å². The van der Waals surface area contributed by atoms with Crippen molar-refractivity contribution in [1.29, 1.82) is 5.26 Å². The van der Waals surface area contributed by atoms with Crippen LogP contribution in [0.25, 0.3) is 22.5 Å². The first kappa shape index (κ1) is 18.3. The van der Waals surface area contributed by atoms with E-state index in [0.717, 1.165) is 22.4 Å². The van der Waals surface area contributed by atoms with Gasteiger partial charge < -0.3 is 9.15 Å². The lowest BCUT2D eigenvalue weighted by Gasteiger charge is -2.01. The van der Waals surface area contributed by atoms with Crippen LogP contribution >= 0.6 is 0 Å². The molecule has 4 heteroatoms. The molecule has 0 aliphatic rings. The molecule has 0 saturated heterocycles. The van der Waals surface area contributed by atoms with E-state index in [9.17, 15) is 5.26 Å². The van der Waals surface area contributed by atoms with Crippen LogP contribution < -0.4 is 4.74 Å². The Kier molecular flexibility index (Phi) is 5.22. The van der Waals surface area contributed by atoms with Crippen LogP contribution in [0.2, 0.25) is 0 Å². The standard InChI is InChI=1S/C25H18N2O2/c1-28-21-14-12-20(13-15-21)24-22(16-26)23(19-10-6-3-7-11-19)25(29-24)27-17-18-8-4-2-5-9-18/h2-15,17H,1H3/b27-17+. The number of hydrogen-bond donors (Lipinski definition) is 0. The van der Waals surface area contributed by atoms with Gasteiger partial charge in [-0.25, -0.2) is 4.99 Å². The first-order valence-electron chi connectivity index (χ1n) is 9.16. The van der Waals surface area contributed by atoms with Crippen molar-refractivity contribution in [2.24, 2.45) is 4.99 Å². The quantitative estimate of drug-likeness (QED) is 0.386. The highest BCUT2D eigenvalue weighted by Crippen LogP contribution is 2.42. The Morgan fingerprint density at radius 1 is 0.862 bits per heavy atom. The predicted molar refractivity (Wildman–Crippen MR) is 115 cm³/mol. The summed E-state index contributed by atoms with van der Waals surface area (Å²) in [6, 6.07) is 29.2. The summed E-state index contributed by atoms with van der Waals surface area (Å²) < 4.78 is 11.3. The predicted octanol–water partition coefficient (Wildman–Crippen LogP) is 6.24. The minimum atomic E-state index is 0.405. The van der Waals surface area contributed by atoms with E-state index in [-0.39, 0.29) is 0 Å². The molecular weight excluding hydrogens is 360 g/mol. The molecule has 4 nitrogen and oxygen atoms in total. The first-order chi connectivity index (χ1) is 14.3. The Balaban J connectivity index is 1.88. The molecule has 0 aliphatic heterocycles. The molecule has 0 atom stereocenters. The molecule has 0 saturated carbocycles. The van der Waals surface area contributed by atoms with Crippen LogP contribution in [0.5, 0.6) is 5.75 Å². The van der Waals surface area contributed by atoms with Gasteiger partial charge in [-0.3, -0.25) is 0 Å². The Morgan fingerprint density at radius 3 is 2.14 bits per heavy atom. The highest BCUT2D eigenvalue weighted by Gasteiger charge is 2.22. The Labute approximate surface area is 169 Å². The maximum Gasteiger partial charge on any atom is 0.228 e. The zero-order chi connectivity index (χ0) is 20.1. The number of ether oxygens (including phenoxy) is 1. The number of hydrogen-bond acceptors (Lipinski definition) is 4. The number of methoxy groups -OCH3 is 1. The molecule has 0 bridgehead atoms. The van der Waals surface area contributed by atoms with Gasteiger partial charge in [0.15, 0.2) is 5.76 Å². The van der Waals surface area contributed by atoms with E-state index >= 15 is 0 Å². The van der Waals surface area contributed by atoms with E-state index in [1.165, 1.54) is 0 Å². The number of benzene rings is 3. The summed E-state index contributed by atoms with van der Waals surface area (Å²) in [7, 11) is 1.62. The second-order valence-corrected chi connectivity index (χ2v) is 6.36. The smallest absolute Gasteiger partial charge is 0.228 e. The van der Waals surface area contributed by atoms with E-state index in [1.54, 1.807) is 13.3 Å². The normalized spacial score (nSPS) is 10.8. The van der Waals surface area contributed by atoms with E-state index < -0.39 is 0 Å². The molecule has 3 aromatic carbocycles. The van der Waals surface area contributed by atoms with Gasteiger partial charge in [0.1, 0.15) is 17.4 Å². The fourth-order valence-electron chi connectivity index (χ4n) is 3.11. The summed E-state index contributed by atoms with van der Waals surface area (Å²) in [5.74, 6) is 1.64. The third-order valence-corrected chi connectivity index (χ3v) is 4.55. The van der Waals surface area contributed by atoms with Gasteiger partial charge in [-0.15, -0.1) is 0 Å². The van der Waals surface area contributed by atoms with Gasteiger partial charge in [-0.2, -0.15) is 5.26 Å². The lowest BCUT2D eigenvalue weighted by Crippen LogP contribution is -1.85. The van der Waals surface area contributed by atoms with E-state index in [0.29, 0.717) is 22.8 Å². The average Bonchev–Trinajstić information content (AvgIpc) is 3.17. The van der Waals surface area contributed by atoms with Crippen molar-refractivity contribution in [2.75, 3.05) is 7.11 Å². The largest absolute Gasteiger partial charge is 0.497 e. The third-order valence-electron chi connectivity index (χ3n) is 4.55. The van der Waals surface area contributed by atoms with Crippen molar-refractivity contribution in [3.8, 4) is 34.3 Å². The van der Waals surface area contributed by atoms with Gasteiger partial charge in [0.05, 0.1) is 12.7 Å². The summed E-state index contributed by atoms with van der Waals surface area (Å²) >= 11 is 0. The lowest BCUT2D eigenvalue weighted by atomic mass is 10.00. The van der Waals surface area contributed by atoms with Crippen molar-refractivity contribution in [3.63, 3.8) is 0 Å². The number of rotatable bonds is 5. The molecule has 29 heavy (non-hydrogen) atoms. The number of nitriles is 1. The molecule has 4 aromatic rings. The van der Waals surface area contributed by atoms with Gasteiger partial charge in [-0.1, -0.05) is 60.7 Å². The molecule has 0 N–H and O–H groups in total. The highest BCUT2D eigenvalue weighted by molar-refractivity contribution is 5.89. The lowest BCUT2D eigenvalue weighted by molar-refractivity contribution is 0.415. The molecule has 0 amide bonds. The molecular formula is C25H18N2O2. The Hall–Kier alpha value is -4.10. The van der Waals surface area contributed by atoms with Crippen molar-refractivity contribution in [3.05, 3.63) is 96.1 Å². The summed E-state index contributed by atoms with van der Waals surface area (Å²) in [5.41, 5.74) is 3.77. The molecule has 4 rings (SSSR count). The highest BCUT2D eigenvalue weighted by atomic mass is 16.5. The number of furan rings is 1. The van der Waals surface area contributed by atoms with Crippen LogP contribution in [-0.4, -0.2) is 13.3 Å². The van der Waals surface area contributed by atoms with Crippen LogP contribution in [0.15, 0.2) is 94.3 Å². The Bertz CT molecular complexity index is 1170. The Morgan fingerprint density at radius 2 is 1.52 bits per heavy atom. The summed E-state index contributed by atoms with van der Waals surface area (Å²) in [4.78, 5) is 4.57. The molecule has 0 unspecified atom stereocenters. The van der Waals surface area contributed by atoms with Crippen molar-refractivity contribution >= 4 is 12.1 Å². The molecule has 140 valence electrons. The summed E-state index contributed by atoms with van der Waals surface area (Å²) in [6.45, 7) is 0. The first-order valence-corrected chi connectivity index (χ1v) is 9.16. The van der Waals surface area contributed by atoms with Gasteiger partial charge in [0.2, 0.25) is 5.88 Å². The molecule has 0 fully saturated rings. The second kappa shape index (κ2) is 8.28. The number of aliphatic imine (C=N–C) groups is 1. The van der Waals surface area contributed by atoms with Crippen LogP contribution in [0.3, 0.4) is 0 Å². The maximum absolute atomic E-state index is 9.93. The van der Waals surface area contributed by atoms with E-state index in [2.05, 4.69) is 11.1 Å². The minimum absolute atomic E-state index is 0.405. The fraction of sp³-hybridized carbons (Fsp3) is 0.0400. The maximum atomic E-state index is 9.93. The third kappa shape index (κ3) is 3.80.